The maximum Gasteiger partial charge on any atom is 0.0645 e. The van der Waals surface area contributed by atoms with Crippen LogP contribution in [-0.4, -0.2) is 60.8 Å². The monoisotopic (exact) mass is 198 g/mol. The van der Waals surface area contributed by atoms with Crippen molar-refractivity contribution in [3.63, 3.8) is 0 Å². The van der Waals surface area contributed by atoms with E-state index in [4.69, 9.17) is 4.74 Å². The predicted octanol–water partition coefficient (Wildman–Crippen LogP) is 0.800. The van der Waals surface area contributed by atoms with Crippen LogP contribution in [0.5, 0.6) is 0 Å². The second-order valence-corrected chi connectivity index (χ2v) is 4.87. The second kappa shape index (κ2) is 4.17. The number of hydrogen-bond donors (Lipinski definition) is 0. The maximum atomic E-state index is 5.24. The summed E-state index contributed by atoms with van der Waals surface area (Å²) in [6, 6.07) is 2.10. The topological polar surface area (TPSA) is 15.7 Å². The molecule has 0 bridgehead atoms. The first-order valence-corrected chi connectivity index (χ1v) is 5.76. The molecule has 2 aliphatic heterocycles. The Hall–Kier alpha value is -0.120. The van der Waals surface area contributed by atoms with Gasteiger partial charge in [0.1, 0.15) is 0 Å². The molecular formula is C11H22N2O. The van der Waals surface area contributed by atoms with Crippen LogP contribution in [0.15, 0.2) is 0 Å². The quantitative estimate of drug-likeness (QED) is 0.653. The summed E-state index contributed by atoms with van der Waals surface area (Å²) in [5.74, 6) is 0. The van der Waals surface area contributed by atoms with Gasteiger partial charge in [-0.05, 0) is 20.8 Å². The fraction of sp³-hybridized carbons (Fsp3) is 1.00. The highest BCUT2D eigenvalue weighted by Gasteiger charge is 2.32. The van der Waals surface area contributed by atoms with Crippen LogP contribution in [0.1, 0.15) is 20.8 Å². The van der Waals surface area contributed by atoms with Gasteiger partial charge in [0, 0.05) is 31.7 Å². The van der Waals surface area contributed by atoms with Gasteiger partial charge in [-0.1, -0.05) is 0 Å². The van der Waals surface area contributed by atoms with Gasteiger partial charge >= 0.3 is 0 Å². The van der Waals surface area contributed by atoms with Gasteiger partial charge in [-0.3, -0.25) is 9.80 Å². The van der Waals surface area contributed by atoms with Crippen molar-refractivity contribution in [2.24, 2.45) is 0 Å². The summed E-state index contributed by atoms with van der Waals surface area (Å²) < 4.78 is 5.24. The molecule has 0 N–H and O–H groups in total. The SMILES string of the molecule is CC(C)N1CCN(C2COC2)C[C@@H]1C. The molecule has 0 aliphatic carbocycles. The maximum absolute atomic E-state index is 5.24. The van der Waals surface area contributed by atoms with E-state index in [0.717, 1.165) is 13.2 Å². The number of nitrogens with zero attached hydrogens (tertiary/aromatic N) is 2. The number of hydrogen-bond acceptors (Lipinski definition) is 3. The molecule has 2 heterocycles. The molecule has 0 aromatic heterocycles. The fourth-order valence-electron chi connectivity index (χ4n) is 2.53. The Balaban J connectivity index is 1.85. The number of ether oxygens (including phenoxy) is 1. The van der Waals surface area contributed by atoms with Crippen LogP contribution in [0.2, 0.25) is 0 Å². The molecule has 0 unspecified atom stereocenters. The lowest BCUT2D eigenvalue weighted by Gasteiger charge is -2.47. The van der Waals surface area contributed by atoms with E-state index in [-0.39, 0.29) is 0 Å². The summed E-state index contributed by atoms with van der Waals surface area (Å²) in [6.07, 6.45) is 0. The van der Waals surface area contributed by atoms with Gasteiger partial charge in [0.25, 0.3) is 0 Å². The van der Waals surface area contributed by atoms with Crippen molar-refractivity contribution in [1.82, 2.24) is 9.80 Å². The van der Waals surface area contributed by atoms with Gasteiger partial charge in [0.15, 0.2) is 0 Å². The lowest BCUT2D eigenvalue weighted by molar-refractivity contribution is -0.0875. The van der Waals surface area contributed by atoms with Gasteiger partial charge in [-0.25, -0.2) is 0 Å². The Bertz CT molecular complexity index is 192. The van der Waals surface area contributed by atoms with Crippen LogP contribution in [0, 0.1) is 0 Å². The zero-order valence-electron chi connectivity index (χ0n) is 9.57. The summed E-state index contributed by atoms with van der Waals surface area (Å²) in [7, 11) is 0. The third-order valence-corrected chi connectivity index (χ3v) is 3.51. The van der Waals surface area contributed by atoms with Crippen LogP contribution in [0.4, 0.5) is 0 Å². The highest BCUT2D eigenvalue weighted by atomic mass is 16.5. The summed E-state index contributed by atoms with van der Waals surface area (Å²) >= 11 is 0. The van der Waals surface area contributed by atoms with E-state index in [1.54, 1.807) is 0 Å². The Morgan fingerprint density at radius 2 is 1.93 bits per heavy atom. The Kier molecular flexibility index (Phi) is 3.10. The summed E-state index contributed by atoms with van der Waals surface area (Å²) in [6.45, 7) is 12.5. The molecule has 0 saturated carbocycles. The molecule has 2 aliphatic rings. The number of rotatable bonds is 2. The Labute approximate surface area is 87.0 Å². The third-order valence-electron chi connectivity index (χ3n) is 3.51. The highest BCUT2D eigenvalue weighted by molar-refractivity contribution is 4.87. The molecule has 2 rings (SSSR count). The lowest BCUT2D eigenvalue weighted by Crippen LogP contribution is -2.60. The average molecular weight is 198 g/mol. The summed E-state index contributed by atoms with van der Waals surface area (Å²) in [5.41, 5.74) is 0. The minimum Gasteiger partial charge on any atom is -0.378 e. The lowest BCUT2D eigenvalue weighted by atomic mass is 10.1. The molecule has 0 spiro atoms. The molecular weight excluding hydrogens is 176 g/mol. The van der Waals surface area contributed by atoms with Crippen molar-refractivity contribution >= 4 is 0 Å². The van der Waals surface area contributed by atoms with E-state index in [1.807, 2.05) is 0 Å². The standard InChI is InChI=1S/C11H22N2O/c1-9(2)13-5-4-12(6-10(13)3)11-7-14-8-11/h9-11H,4-8H2,1-3H3/t10-/m0/s1. The highest BCUT2D eigenvalue weighted by Crippen LogP contribution is 2.18. The van der Waals surface area contributed by atoms with E-state index in [1.165, 1.54) is 19.6 Å². The van der Waals surface area contributed by atoms with Crippen LogP contribution >= 0.6 is 0 Å². The van der Waals surface area contributed by atoms with Gasteiger partial charge in [0.2, 0.25) is 0 Å². The number of piperazine rings is 1. The van der Waals surface area contributed by atoms with E-state index < -0.39 is 0 Å². The molecule has 3 nitrogen and oxygen atoms in total. The summed E-state index contributed by atoms with van der Waals surface area (Å²) in [5, 5.41) is 0. The van der Waals surface area contributed by atoms with E-state index in [2.05, 4.69) is 30.6 Å². The first-order valence-electron chi connectivity index (χ1n) is 5.76. The van der Waals surface area contributed by atoms with Gasteiger partial charge in [-0.2, -0.15) is 0 Å². The summed E-state index contributed by atoms with van der Waals surface area (Å²) in [4.78, 5) is 5.18. The molecule has 0 radical (unpaired) electrons. The van der Waals surface area contributed by atoms with Crippen molar-refractivity contribution in [2.75, 3.05) is 32.8 Å². The molecule has 0 aromatic rings. The normalized spacial score (nSPS) is 32.1. The molecule has 1 atom stereocenters. The molecule has 82 valence electrons. The van der Waals surface area contributed by atoms with Gasteiger partial charge in [-0.15, -0.1) is 0 Å². The average Bonchev–Trinajstić information content (AvgIpc) is 2.00. The molecule has 2 fully saturated rings. The third kappa shape index (κ3) is 1.95. The van der Waals surface area contributed by atoms with E-state index >= 15 is 0 Å². The molecule has 2 saturated heterocycles. The van der Waals surface area contributed by atoms with Crippen LogP contribution in [-0.2, 0) is 4.74 Å². The largest absolute Gasteiger partial charge is 0.378 e. The van der Waals surface area contributed by atoms with Crippen molar-refractivity contribution in [2.45, 2.75) is 38.9 Å². The van der Waals surface area contributed by atoms with E-state index in [0.29, 0.717) is 18.1 Å². The first kappa shape index (κ1) is 10.4. The molecule has 14 heavy (non-hydrogen) atoms. The van der Waals surface area contributed by atoms with Crippen molar-refractivity contribution in [3.05, 3.63) is 0 Å². The molecule has 3 heteroatoms. The van der Waals surface area contributed by atoms with E-state index in [9.17, 15) is 0 Å². The predicted molar refractivity (Wildman–Crippen MR) is 57.5 cm³/mol. The van der Waals surface area contributed by atoms with Gasteiger partial charge < -0.3 is 4.74 Å². The Morgan fingerprint density at radius 3 is 2.36 bits per heavy atom. The minimum absolute atomic E-state index is 0.685. The minimum atomic E-state index is 0.685. The zero-order valence-corrected chi connectivity index (χ0v) is 9.57. The zero-order chi connectivity index (χ0) is 10.1. The van der Waals surface area contributed by atoms with Crippen LogP contribution in [0.25, 0.3) is 0 Å². The van der Waals surface area contributed by atoms with Crippen LogP contribution in [0.3, 0.4) is 0 Å². The van der Waals surface area contributed by atoms with Crippen molar-refractivity contribution in [3.8, 4) is 0 Å². The first-order chi connectivity index (χ1) is 6.68. The second-order valence-electron chi connectivity index (χ2n) is 4.87. The van der Waals surface area contributed by atoms with Gasteiger partial charge in [0.05, 0.1) is 19.3 Å². The Morgan fingerprint density at radius 1 is 1.21 bits per heavy atom. The smallest absolute Gasteiger partial charge is 0.0645 e. The molecule has 0 aromatic carbocycles. The van der Waals surface area contributed by atoms with Crippen molar-refractivity contribution in [1.29, 1.82) is 0 Å². The fourth-order valence-corrected chi connectivity index (χ4v) is 2.53. The van der Waals surface area contributed by atoms with Crippen molar-refractivity contribution < 1.29 is 4.74 Å². The van der Waals surface area contributed by atoms with Crippen LogP contribution < -0.4 is 0 Å². The molecule has 0 amide bonds.